The predicted octanol–water partition coefficient (Wildman–Crippen LogP) is 17.5. The fourth-order valence-corrected chi connectivity index (χ4v) is 16.0. The summed E-state index contributed by atoms with van der Waals surface area (Å²) in [5.74, 6) is -0.265. The van der Waals surface area contributed by atoms with Gasteiger partial charge in [0.2, 0.25) is 5.91 Å². The van der Waals surface area contributed by atoms with Crippen LogP contribution in [0.25, 0.3) is 0 Å². The van der Waals surface area contributed by atoms with E-state index in [0.29, 0.717) is 6.42 Å². The third kappa shape index (κ3) is 48.2. The van der Waals surface area contributed by atoms with Crippen molar-refractivity contribution in [1.29, 1.82) is 0 Å². The van der Waals surface area contributed by atoms with Gasteiger partial charge in [0.1, 0.15) is 73.2 Å². The zero-order chi connectivity index (χ0) is 78.1. The molecule has 0 aromatic rings. The molecule has 17 atom stereocenters. The first-order chi connectivity index (χ1) is 52.8. The van der Waals surface area contributed by atoms with Crippen LogP contribution < -0.4 is 5.32 Å². The Morgan fingerprint density at radius 1 is 0.324 bits per heavy atom. The number of carbonyl (C=O) groups is 1. The topological polar surface area (TPSA) is 307 Å². The lowest BCUT2D eigenvalue weighted by Crippen LogP contribution is -2.66. The van der Waals surface area contributed by atoms with Crippen LogP contribution in [0, 0.1) is 0 Å². The summed E-state index contributed by atoms with van der Waals surface area (Å²) in [4.78, 5) is 13.5. The number of carbonyl (C=O) groups excluding carboxylic acids is 1. The van der Waals surface area contributed by atoms with Gasteiger partial charge in [0, 0.05) is 6.42 Å². The Balaban J connectivity index is 1.29. The summed E-state index contributed by atoms with van der Waals surface area (Å²) in [7, 11) is 0. The van der Waals surface area contributed by atoms with Gasteiger partial charge in [0.25, 0.3) is 0 Å². The molecular formula is C89H171NO18. The number of amides is 1. The number of rotatable bonds is 76. The Bertz CT molecular complexity index is 1990. The number of hydrogen-bond acceptors (Lipinski definition) is 18. The second-order valence-electron chi connectivity index (χ2n) is 33.1. The smallest absolute Gasteiger partial charge is 0.220 e. The highest BCUT2D eigenvalue weighted by molar-refractivity contribution is 5.76. The number of aliphatic hydroxyl groups is 11. The van der Waals surface area contributed by atoms with Crippen molar-refractivity contribution in [2.45, 2.75) is 523 Å². The van der Waals surface area contributed by atoms with Gasteiger partial charge in [-0.25, -0.2) is 0 Å². The third-order valence-corrected chi connectivity index (χ3v) is 23.3. The second-order valence-corrected chi connectivity index (χ2v) is 33.1. The number of nitrogens with one attached hydrogen (secondary N) is 1. The Morgan fingerprint density at radius 3 is 0.870 bits per heavy atom. The summed E-state index contributed by atoms with van der Waals surface area (Å²) in [6, 6.07) is -0.971. The number of allylic oxidation sites excluding steroid dienone is 1. The first-order valence-corrected chi connectivity index (χ1v) is 45.9. The summed E-state index contributed by atoms with van der Waals surface area (Å²) in [5.41, 5.74) is 0. The van der Waals surface area contributed by atoms with Crippen LogP contribution in [0.2, 0.25) is 0 Å². The first kappa shape index (κ1) is 101. The van der Waals surface area contributed by atoms with Crippen molar-refractivity contribution in [3.05, 3.63) is 12.2 Å². The lowest BCUT2D eigenvalue weighted by Gasteiger charge is -2.48. The molecule has 19 heteroatoms. The van der Waals surface area contributed by atoms with E-state index in [1.54, 1.807) is 6.08 Å². The van der Waals surface area contributed by atoms with Crippen molar-refractivity contribution >= 4 is 5.91 Å². The summed E-state index contributed by atoms with van der Waals surface area (Å²) < 4.78 is 34.5. The molecule has 17 unspecified atom stereocenters. The second kappa shape index (κ2) is 69.8. The van der Waals surface area contributed by atoms with Crippen LogP contribution in [0.1, 0.15) is 418 Å². The van der Waals surface area contributed by atoms with Gasteiger partial charge in [-0.2, -0.15) is 0 Å². The zero-order valence-corrected chi connectivity index (χ0v) is 69.1. The van der Waals surface area contributed by atoms with E-state index in [0.717, 1.165) is 44.9 Å². The van der Waals surface area contributed by atoms with Crippen LogP contribution >= 0.6 is 0 Å². The van der Waals surface area contributed by atoms with Crippen LogP contribution in [0.3, 0.4) is 0 Å². The largest absolute Gasteiger partial charge is 0.394 e. The maximum absolute atomic E-state index is 13.5. The fourth-order valence-electron chi connectivity index (χ4n) is 16.0. The summed E-state index contributed by atoms with van der Waals surface area (Å²) in [6.07, 6.45) is 59.6. The van der Waals surface area contributed by atoms with Gasteiger partial charge in [-0.15, -0.1) is 0 Å². The third-order valence-electron chi connectivity index (χ3n) is 23.3. The highest BCUT2D eigenvalue weighted by Gasteiger charge is 2.54. The van der Waals surface area contributed by atoms with Crippen LogP contribution in [0.4, 0.5) is 0 Å². The fraction of sp³-hybridized carbons (Fsp3) is 0.966. The van der Waals surface area contributed by atoms with E-state index in [2.05, 4.69) is 19.2 Å². The van der Waals surface area contributed by atoms with Gasteiger partial charge < -0.3 is 89.9 Å². The monoisotopic (exact) mass is 1540 g/mol. The van der Waals surface area contributed by atoms with Crippen molar-refractivity contribution in [2.24, 2.45) is 0 Å². The lowest BCUT2D eigenvalue weighted by atomic mass is 9.96. The Kier molecular flexibility index (Phi) is 65.1. The minimum absolute atomic E-state index is 0.251. The standard InChI is InChI=1S/C89H171NO18/c1-3-5-7-9-11-13-15-17-19-21-23-25-27-28-29-30-31-32-33-34-35-36-37-38-39-40-41-42-43-45-47-49-51-53-55-57-59-61-63-65-67-77(95)90-72(73(94)66-64-62-60-58-56-54-52-50-48-46-44-26-24-22-20-18-16-14-12-10-8-6-4-2)71-103-87-83(101)80(98)85(75(69-92)105-87)108-89-84(102)81(99)86(76(70-93)106-89)107-88-82(100)79(97)78(96)74(68-91)104-88/h64,66,72-76,78-89,91-94,96-102H,3-63,65,67-71H2,1-2H3,(H,90,95)/b66-64+. The summed E-state index contributed by atoms with van der Waals surface area (Å²) in [5, 5.41) is 121. The minimum Gasteiger partial charge on any atom is -0.394 e. The molecule has 108 heavy (non-hydrogen) atoms. The summed E-state index contributed by atoms with van der Waals surface area (Å²) >= 11 is 0. The van der Waals surface area contributed by atoms with Crippen LogP contribution in [-0.4, -0.2) is 193 Å². The molecule has 3 rings (SSSR count). The van der Waals surface area contributed by atoms with Crippen molar-refractivity contribution < 1.29 is 89.4 Å². The van der Waals surface area contributed by atoms with E-state index in [9.17, 15) is 61.0 Å². The quantitative estimate of drug-likeness (QED) is 0.0199. The molecule has 3 saturated heterocycles. The Labute approximate surface area is 658 Å². The number of aliphatic hydroxyl groups excluding tert-OH is 11. The Morgan fingerprint density at radius 2 is 0.574 bits per heavy atom. The average Bonchev–Trinajstić information content (AvgIpc) is 0.778. The number of unbranched alkanes of at least 4 members (excludes halogenated alkanes) is 60. The first-order valence-electron chi connectivity index (χ1n) is 45.9. The maximum atomic E-state index is 13.5. The normalized spacial score (nSPS) is 25.4. The van der Waals surface area contributed by atoms with Crippen molar-refractivity contribution in [3.8, 4) is 0 Å². The SMILES string of the molecule is CCCCCCCCCCCCCCCCCCCCCCC/C=C/C(O)C(COC1OC(CO)C(OC2OC(CO)C(OC3OC(CO)C(O)C(O)C3O)C(O)C2O)C(O)C1O)NC(=O)CCCCCCCCCCCCCCCCCCCCCCCCCCCCCCCCCCCCCCCCCC. The molecule has 3 aliphatic heterocycles. The van der Waals surface area contributed by atoms with Gasteiger partial charge in [-0.05, 0) is 19.3 Å². The van der Waals surface area contributed by atoms with E-state index in [1.807, 2.05) is 6.08 Å². The molecule has 0 aromatic carbocycles. The van der Waals surface area contributed by atoms with E-state index in [1.165, 1.54) is 347 Å². The van der Waals surface area contributed by atoms with Crippen LogP contribution in [-0.2, 0) is 33.2 Å². The lowest BCUT2D eigenvalue weighted by molar-refractivity contribution is -0.379. The molecule has 0 aromatic heterocycles. The number of ether oxygens (including phenoxy) is 6. The molecular weight excluding hydrogens is 1370 g/mol. The highest BCUT2D eigenvalue weighted by Crippen LogP contribution is 2.34. The molecule has 3 aliphatic rings. The zero-order valence-electron chi connectivity index (χ0n) is 69.1. The van der Waals surface area contributed by atoms with E-state index in [4.69, 9.17) is 28.4 Å². The summed E-state index contributed by atoms with van der Waals surface area (Å²) in [6.45, 7) is 1.82. The molecule has 0 spiro atoms. The molecule has 640 valence electrons. The Hall–Kier alpha value is -1.47. The van der Waals surface area contributed by atoms with Crippen molar-refractivity contribution in [2.75, 3.05) is 26.4 Å². The van der Waals surface area contributed by atoms with Crippen molar-refractivity contribution in [1.82, 2.24) is 5.32 Å². The van der Waals surface area contributed by atoms with E-state index >= 15 is 0 Å². The van der Waals surface area contributed by atoms with Gasteiger partial charge in [0.15, 0.2) is 18.9 Å². The minimum atomic E-state index is -1.98. The van der Waals surface area contributed by atoms with Gasteiger partial charge in [0.05, 0.1) is 38.6 Å². The molecule has 12 N–H and O–H groups in total. The van der Waals surface area contributed by atoms with Crippen LogP contribution in [0.5, 0.6) is 0 Å². The molecule has 3 heterocycles. The predicted molar refractivity (Wildman–Crippen MR) is 434 cm³/mol. The molecule has 0 saturated carbocycles. The molecule has 1 amide bonds. The number of hydrogen-bond donors (Lipinski definition) is 12. The molecule has 3 fully saturated rings. The molecule has 19 nitrogen and oxygen atoms in total. The van der Waals surface area contributed by atoms with Crippen LogP contribution in [0.15, 0.2) is 12.2 Å². The van der Waals surface area contributed by atoms with Crippen molar-refractivity contribution in [3.63, 3.8) is 0 Å². The van der Waals surface area contributed by atoms with E-state index in [-0.39, 0.29) is 18.9 Å². The van der Waals surface area contributed by atoms with Gasteiger partial charge in [-0.3, -0.25) is 4.79 Å². The highest BCUT2D eigenvalue weighted by atomic mass is 16.8. The molecule has 0 aliphatic carbocycles. The molecule has 0 bridgehead atoms. The van der Waals surface area contributed by atoms with Gasteiger partial charge >= 0.3 is 0 Å². The molecule has 0 radical (unpaired) electrons. The van der Waals surface area contributed by atoms with E-state index < -0.39 is 124 Å². The van der Waals surface area contributed by atoms with Gasteiger partial charge in [-0.1, -0.05) is 405 Å². The average molecular weight is 1540 g/mol. The maximum Gasteiger partial charge on any atom is 0.220 e.